The van der Waals surface area contributed by atoms with Crippen molar-refractivity contribution >= 4 is 28.2 Å². The zero-order valence-corrected chi connectivity index (χ0v) is 15.1. The first-order valence-electron chi connectivity index (χ1n) is 8.99. The summed E-state index contributed by atoms with van der Waals surface area (Å²) in [6, 6.07) is 13.8. The van der Waals surface area contributed by atoms with Gasteiger partial charge in [0.25, 0.3) is 0 Å². The number of hydrogen-bond acceptors (Lipinski definition) is 3. The highest BCUT2D eigenvalue weighted by molar-refractivity contribution is 6.01. The van der Waals surface area contributed by atoms with Crippen LogP contribution in [0.5, 0.6) is 5.75 Å². The van der Waals surface area contributed by atoms with Crippen molar-refractivity contribution in [3.8, 4) is 17.0 Å². The summed E-state index contributed by atoms with van der Waals surface area (Å²) < 4.78 is 7.56. The summed E-state index contributed by atoms with van der Waals surface area (Å²) in [5.41, 5.74) is 11.1. The number of rotatable bonds is 5. The molecule has 0 radical (unpaired) electrons. The van der Waals surface area contributed by atoms with E-state index in [0.29, 0.717) is 0 Å². The molecule has 1 fully saturated rings. The van der Waals surface area contributed by atoms with Crippen LogP contribution in [-0.2, 0) is 11.3 Å². The van der Waals surface area contributed by atoms with Gasteiger partial charge >= 0.3 is 0 Å². The number of fused-ring (bicyclic) bond motifs is 1. The van der Waals surface area contributed by atoms with E-state index in [9.17, 15) is 4.79 Å². The second-order valence-corrected chi connectivity index (χ2v) is 6.73. The summed E-state index contributed by atoms with van der Waals surface area (Å²) in [4.78, 5) is 11.9. The summed E-state index contributed by atoms with van der Waals surface area (Å²) in [6.45, 7) is 2.91. The molecule has 3 aromatic rings. The largest absolute Gasteiger partial charge is 0.497 e. The Bertz CT molecular complexity index is 969. The fourth-order valence-corrected chi connectivity index (χ4v) is 3.42. The molecule has 3 N–H and O–H groups in total. The fourth-order valence-electron chi connectivity index (χ4n) is 3.42. The molecule has 0 unspecified atom stereocenters. The highest BCUT2D eigenvalue weighted by atomic mass is 16.5. The van der Waals surface area contributed by atoms with Crippen LogP contribution in [0, 0.1) is 5.92 Å². The molecule has 1 aliphatic rings. The Morgan fingerprint density at radius 1 is 1.23 bits per heavy atom. The van der Waals surface area contributed by atoms with Crippen molar-refractivity contribution in [2.45, 2.75) is 26.3 Å². The molecule has 0 saturated heterocycles. The van der Waals surface area contributed by atoms with E-state index in [0.717, 1.165) is 58.7 Å². The van der Waals surface area contributed by atoms with E-state index in [1.165, 1.54) is 0 Å². The van der Waals surface area contributed by atoms with Gasteiger partial charge in [-0.3, -0.25) is 4.79 Å². The standard InChI is InChI=1S/C21H23N3O2/c1-3-24-18-12-16(26-2)10-11-17(18)19(22)20(24)13-6-8-15(9-7-13)23-21(25)14-4-5-14/h6-12,14H,3-5,22H2,1-2H3,(H,23,25). The van der Waals surface area contributed by atoms with E-state index < -0.39 is 0 Å². The van der Waals surface area contributed by atoms with Gasteiger partial charge in [-0.1, -0.05) is 12.1 Å². The maximum atomic E-state index is 11.9. The lowest BCUT2D eigenvalue weighted by molar-refractivity contribution is -0.117. The fraction of sp³-hybridized carbons (Fsp3) is 0.286. The van der Waals surface area contributed by atoms with Gasteiger partial charge in [-0.15, -0.1) is 0 Å². The normalized spacial score (nSPS) is 13.8. The zero-order chi connectivity index (χ0) is 18.3. The molecule has 5 heteroatoms. The quantitative estimate of drug-likeness (QED) is 0.723. The number of amides is 1. The summed E-state index contributed by atoms with van der Waals surface area (Å²) in [6.07, 6.45) is 2.00. The van der Waals surface area contributed by atoms with E-state index >= 15 is 0 Å². The van der Waals surface area contributed by atoms with Gasteiger partial charge in [0.15, 0.2) is 0 Å². The van der Waals surface area contributed by atoms with Crippen molar-refractivity contribution in [1.29, 1.82) is 0 Å². The maximum absolute atomic E-state index is 11.9. The summed E-state index contributed by atoms with van der Waals surface area (Å²) in [7, 11) is 1.67. The third kappa shape index (κ3) is 2.79. The average Bonchev–Trinajstić information content (AvgIpc) is 3.47. The molecule has 1 saturated carbocycles. The molecule has 5 nitrogen and oxygen atoms in total. The lowest BCUT2D eigenvalue weighted by atomic mass is 10.1. The van der Waals surface area contributed by atoms with Gasteiger partial charge < -0.3 is 20.4 Å². The first-order valence-corrected chi connectivity index (χ1v) is 8.99. The first kappa shape index (κ1) is 16.5. The van der Waals surface area contributed by atoms with Crippen LogP contribution in [0.2, 0.25) is 0 Å². The van der Waals surface area contributed by atoms with Crippen molar-refractivity contribution in [2.24, 2.45) is 5.92 Å². The number of carbonyl (C=O) groups is 1. The minimum absolute atomic E-state index is 0.118. The third-order valence-electron chi connectivity index (χ3n) is 5.00. The molecule has 0 aliphatic heterocycles. The Morgan fingerprint density at radius 3 is 2.58 bits per heavy atom. The van der Waals surface area contributed by atoms with Crippen LogP contribution < -0.4 is 15.8 Å². The molecule has 4 rings (SSSR count). The highest BCUT2D eigenvalue weighted by Crippen LogP contribution is 2.38. The topological polar surface area (TPSA) is 69.3 Å². The van der Waals surface area contributed by atoms with Crippen molar-refractivity contribution in [1.82, 2.24) is 4.57 Å². The molecule has 1 aliphatic carbocycles. The molecule has 134 valence electrons. The van der Waals surface area contributed by atoms with Gasteiger partial charge in [-0.05, 0) is 44.0 Å². The van der Waals surface area contributed by atoms with Crippen LogP contribution in [0.15, 0.2) is 42.5 Å². The lowest BCUT2D eigenvalue weighted by Crippen LogP contribution is -2.13. The predicted octanol–water partition coefficient (Wildman–Crippen LogP) is 4.27. The summed E-state index contributed by atoms with van der Waals surface area (Å²) >= 11 is 0. The molecule has 1 heterocycles. The summed E-state index contributed by atoms with van der Waals surface area (Å²) in [5, 5.41) is 4.00. The SMILES string of the molecule is CCn1c(-c2ccc(NC(=O)C3CC3)cc2)c(N)c2ccc(OC)cc21. The van der Waals surface area contributed by atoms with E-state index in [-0.39, 0.29) is 11.8 Å². The summed E-state index contributed by atoms with van der Waals surface area (Å²) in [5.74, 6) is 1.13. The number of nitrogens with two attached hydrogens (primary N) is 1. The Morgan fingerprint density at radius 2 is 1.96 bits per heavy atom. The van der Waals surface area contributed by atoms with Gasteiger partial charge in [0.2, 0.25) is 5.91 Å². The highest BCUT2D eigenvalue weighted by Gasteiger charge is 2.29. The Labute approximate surface area is 152 Å². The molecule has 0 spiro atoms. The number of nitrogen functional groups attached to an aromatic ring is 1. The van der Waals surface area contributed by atoms with E-state index in [2.05, 4.69) is 16.8 Å². The van der Waals surface area contributed by atoms with Crippen molar-refractivity contribution in [2.75, 3.05) is 18.2 Å². The molecular formula is C21H23N3O2. The molecular weight excluding hydrogens is 326 g/mol. The lowest BCUT2D eigenvalue weighted by Gasteiger charge is -2.11. The minimum Gasteiger partial charge on any atom is -0.497 e. The number of benzene rings is 2. The van der Waals surface area contributed by atoms with E-state index in [1.807, 2.05) is 42.5 Å². The van der Waals surface area contributed by atoms with Crippen molar-refractivity contribution in [3.05, 3.63) is 42.5 Å². The van der Waals surface area contributed by atoms with Crippen molar-refractivity contribution < 1.29 is 9.53 Å². The second kappa shape index (κ2) is 6.41. The van der Waals surface area contributed by atoms with Gasteiger partial charge in [0.05, 0.1) is 24.0 Å². The van der Waals surface area contributed by atoms with Crippen LogP contribution in [-0.4, -0.2) is 17.6 Å². The molecule has 1 aromatic heterocycles. The first-order chi connectivity index (χ1) is 12.6. The zero-order valence-electron chi connectivity index (χ0n) is 15.1. The number of nitrogens with zero attached hydrogens (tertiary/aromatic N) is 1. The van der Waals surface area contributed by atoms with Crippen LogP contribution in [0.25, 0.3) is 22.2 Å². The number of methoxy groups -OCH3 is 1. The van der Waals surface area contributed by atoms with Crippen LogP contribution >= 0.6 is 0 Å². The Balaban J connectivity index is 1.73. The number of aryl methyl sites for hydroxylation is 1. The van der Waals surface area contributed by atoms with Crippen LogP contribution in [0.3, 0.4) is 0 Å². The van der Waals surface area contributed by atoms with E-state index in [1.54, 1.807) is 7.11 Å². The number of ether oxygens (including phenoxy) is 1. The average molecular weight is 349 g/mol. The molecule has 0 atom stereocenters. The molecule has 1 amide bonds. The smallest absolute Gasteiger partial charge is 0.227 e. The number of anilines is 2. The van der Waals surface area contributed by atoms with Gasteiger partial charge in [-0.25, -0.2) is 0 Å². The third-order valence-corrected chi connectivity index (χ3v) is 5.00. The minimum atomic E-state index is 0.118. The van der Waals surface area contributed by atoms with Gasteiger partial charge in [-0.2, -0.15) is 0 Å². The second-order valence-electron chi connectivity index (χ2n) is 6.73. The molecule has 2 aromatic carbocycles. The molecule has 0 bridgehead atoms. The predicted molar refractivity (Wildman–Crippen MR) is 105 cm³/mol. The van der Waals surface area contributed by atoms with E-state index in [4.69, 9.17) is 10.5 Å². The number of hydrogen-bond donors (Lipinski definition) is 2. The van der Waals surface area contributed by atoms with Crippen LogP contribution in [0.1, 0.15) is 19.8 Å². The number of aromatic nitrogens is 1. The monoisotopic (exact) mass is 349 g/mol. The van der Waals surface area contributed by atoms with Gasteiger partial charge in [0, 0.05) is 35.2 Å². The Hall–Kier alpha value is -2.95. The molecule has 26 heavy (non-hydrogen) atoms. The van der Waals surface area contributed by atoms with Crippen LogP contribution in [0.4, 0.5) is 11.4 Å². The Kier molecular flexibility index (Phi) is 4.07. The number of nitrogens with one attached hydrogen (secondary N) is 1. The van der Waals surface area contributed by atoms with Gasteiger partial charge in [0.1, 0.15) is 5.75 Å². The maximum Gasteiger partial charge on any atom is 0.227 e. The van der Waals surface area contributed by atoms with Crippen molar-refractivity contribution in [3.63, 3.8) is 0 Å². The number of carbonyl (C=O) groups excluding carboxylic acids is 1.